The molecule has 0 aliphatic carbocycles. The number of nitro groups is 1. The smallest absolute Gasteiger partial charge is 0.269 e. The molecule has 0 spiro atoms. The third-order valence-corrected chi connectivity index (χ3v) is 5.19. The van der Waals surface area contributed by atoms with Crippen molar-refractivity contribution in [2.24, 2.45) is 5.10 Å². The van der Waals surface area contributed by atoms with Gasteiger partial charge in [0.2, 0.25) is 17.8 Å². The van der Waals surface area contributed by atoms with Gasteiger partial charge in [-0.1, -0.05) is 35.9 Å². The molecule has 0 unspecified atom stereocenters. The molecule has 3 N–H and O–H groups in total. The van der Waals surface area contributed by atoms with Crippen molar-refractivity contribution >= 4 is 41.1 Å². The topological polar surface area (TPSA) is 130 Å². The quantitative estimate of drug-likeness (QED) is 0.172. The first kappa shape index (κ1) is 23.3. The van der Waals surface area contributed by atoms with E-state index in [0.29, 0.717) is 11.6 Å². The number of nitrogens with one attached hydrogen (secondary N) is 3. The van der Waals surface area contributed by atoms with Crippen LogP contribution in [0.1, 0.15) is 22.3 Å². The second-order valence-electron chi connectivity index (χ2n) is 7.94. The molecule has 0 atom stereocenters. The fourth-order valence-corrected chi connectivity index (χ4v) is 3.10. The minimum atomic E-state index is -0.452. The summed E-state index contributed by atoms with van der Waals surface area (Å²) >= 11 is 0. The lowest BCUT2D eigenvalue weighted by Crippen LogP contribution is -2.07. The molecule has 0 radical (unpaired) electrons. The average molecular weight is 469 g/mol. The zero-order valence-electron chi connectivity index (χ0n) is 19.5. The molecule has 35 heavy (non-hydrogen) atoms. The van der Waals surface area contributed by atoms with Crippen LogP contribution in [-0.4, -0.2) is 26.1 Å². The predicted octanol–water partition coefficient (Wildman–Crippen LogP) is 5.64. The predicted molar refractivity (Wildman–Crippen MR) is 138 cm³/mol. The zero-order chi connectivity index (χ0) is 24.8. The number of rotatable bonds is 8. The van der Waals surface area contributed by atoms with Gasteiger partial charge >= 0.3 is 0 Å². The number of aryl methyl sites for hydroxylation is 3. The van der Waals surface area contributed by atoms with Crippen LogP contribution in [0.15, 0.2) is 71.8 Å². The van der Waals surface area contributed by atoms with Crippen LogP contribution in [0, 0.1) is 30.9 Å². The van der Waals surface area contributed by atoms with Crippen molar-refractivity contribution in [2.45, 2.75) is 20.8 Å². The largest absolute Gasteiger partial charge is 0.324 e. The number of anilines is 5. The maximum Gasteiger partial charge on any atom is 0.269 e. The summed E-state index contributed by atoms with van der Waals surface area (Å²) in [5.74, 6) is 0.771. The first-order valence-corrected chi connectivity index (χ1v) is 10.8. The molecule has 3 aromatic carbocycles. The van der Waals surface area contributed by atoms with Crippen molar-refractivity contribution < 1.29 is 4.92 Å². The molecule has 1 aromatic heterocycles. The molecule has 1 heterocycles. The Kier molecular flexibility index (Phi) is 6.91. The van der Waals surface area contributed by atoms with Gasteiger partial charge in [-0.3, -0.25) is 10.1 Å². The summed E-state index contributed by atoms with van der Waals surface area (Å²) in [5, 5.41) is 21.4. The van der Waals surface area contributed by atoms with E-state index >= 15 is 0 Å². The van der Waals surface area contributed by atoms with Crippen molar-refractivity contribution in [3.05, 3.63) is 99.1 Å². The zero-order valence-corrected chi connectivity index (χ0v) is 19.5. The molecule has 0 fully saturated rings. The lowest BCUT2D eigenvalue weighted by Gasteiger charge is -2.11. The maximum atomic E-state index is 10.9. The normalized spacial score (nSPS) is 10.8. The van der Waals surface area contributed by atoms with Crippen LogP contribution in [0.5, 0.6) is 0 Å². The van der Waals surface area contributed by atoms with Crippen LogP contribution in [0.2, 0.25) is 0 Å². The lowest BCUT2D eigenvalue weighted by atomic mass is 10.1. The summed E-state index contributed by atoms with van der Waals surface area (Å²) in [5.41, 5.74) is 8.66. The van der Waals surface area contributed by atoms with E-state index in [0.717, 1.165) is 22.4 Å². The number of aromatic nitrogens is 3. The van der Waals surface area contributed by atoms with Gasteiger partial charge in [0.25, 0.3) is 5.69 Å². The lowest BCUT2D eigenvalue weighted by molar-refractivity contribution is -0.384. The summed E-state index contributed by atoms with van der Waals surface area (Å²) in [7, 11) is 0. The van der Waals surface area contributed by atoms with Crippen molar-refractivity contribution in [2.75, 3.05) is 16.1 Å². The number of nitrogens with zero attached hydrogens (tertiary/aromatic N) is 5. The second kappa shape index (κ2) is 10.4. The molecule has 4 rings (SSSR count). The molecule has 0 aliphatic heterocycles. The Labute approximate surface area is 202 Å². The average Bonchev–Trinajstić information content (AvgIpc) is 2.83. The van der Waals surface area contributed by atoms with Crippen molar-refractivity contribution in [3.8, 4) is 0 Å². The van der Waals surface area contributed by atoms with Gasteiger partial charge in [-0.05, 0) is 61.7 Å². The minimum absolute atomic E-state index is 0.00362. The SMILES string of the molecule is Cc1ccc(/C=N/Nc2nc(Nc3ccc([N+](=O)[O-])cc3)nc(Nc3ccc(C)c(C)c3)n2)cc1. The van der Waals surface area contributed by atoms with Gasteiger partial charge in [0.05, 0.1) is 11.1 Å². The fraction of sp³-hybridized carbons (Fsp3) is 0.120. The Balaban J connectivity index is 1.59. The van der Waals surface area contributed by atoms with Crippen LogP contribution < -0.4 is 16.1 Å². The third-order valence-electron chi connectivity index (χ3n) is 5.19. The Morgan fingerprint density at radius 1 is 0.771 bits per heavy atom. The molecule has 0 saturated carbocycles. The Morgan fingerprint density at radius 3 is 2.00 bits per heavy atom. The van der Waals surface area contributed by atoms with E-state index in [4.69, 9.17) is 0 Å². The highest BCUT2D eigenvalue weighted by molar-refractivity contribution is 5.80. The van der Waals surface area contributed by atoms with Gasteiger partial charge in [0.1, 0.15) is 0 Å². The first-order valence-electron chi connectivity index (χ1n) is 10.8. The van der Waals surface area contributed by atoms with E-state index < -0.39 is 4.92 Å². The van der Waals surface area contributed by atoms with E-state index in [1.807, 2.05) is 63.2 Å². The molecule has 10 nitrogen and oxygen atoms in total. The van der Waals surface area contributed by atoms with Gasteiger partial charge in [0.15, 0.2) is 0 Å². The highest BCUT2D eigenvalue weighted by atomic mass is 16.6. The number of benzene rings is 3. The van der Waals surface area contributed by atoms with Crippen LogP contribution >= 0.6 is 0 Å². The van der Waals surface area contributed by atoms with Crippen molar-refractivity contribution in [3.63, 3.8) is 0 Å². The first-order chi connectivity index (χ1) is 16.9. The Bertz CT molecular complexity index is 1370. The van der Waals surface area contributed by atoms with Crippen LogP contribution in [0.4, 0.5) is 34.9 Å². The van der Waals surface area contributed by atoms with Crippen LogP contribution in [0.3, 0.4) is 0 Å². The standard InChI is InChI=1S/C25H24N8O2/c1-16-4-7-19(8-5-16)15-26-32-25-30-23(27-20-10-12-22(13-11-20)33(34)35)29-24(31-25)28-21-9-6-17(2)18(3)14-21/h4-15H,1-3H3,(H3,27,28,29,30,31,32)/b26-15+. The number of hydrogen-bond acceptors (Lipinski definition) is 9. The van der Waals surface area contributed by atoms with E-state index in [2.05, 4.69) is 36.1 Å². The van der Waals surface area contributed by atoms with Crippen LogP contribution in [-0.2, 0) is 0 Å². The summed E-state index contributed by atoms with van der Waals surface area (Å²) in [6, 6.07) is 19.9. The highest BCUT2D eigenvalue weighted by Gasteiger charge is 2.09. The molecular formula is C25H24N8O2. The van der Waals surface area contributed by atoms with Gasteiger partial charge in [-0.2, -0.15) is 20.1 Å². The maximum absolute atomic E-state index is 10.9. The van der Waals surface area contributed by atoms with E-state index in [9.17, 15) is 10.1 Å². The number of non-ortho nitro benzene ring substituents is 1. The fourth-order valence-electron chi connectivity index (χ4n) is 3.10. The molecule has 4 aromatic rings. The summed E-state index contributed by atoms with van der Waals surface area (Å²) in [6.07, 6.45) is 1.67. The number of hydrogen-bond donors (Lipinski definition) is 3. The van der Waals surface area contributed by atoms with Crippen molar-refractivity contribution in [1.82, 2.24) is 15.0 Å². The summed E-state index contributed by atoms with van der Waals surface area (Å²) in [6.45, 7) is 6.10. The Hall–Kier alpha value is -4.86. The van der Waals surface area contributed by atoms with E-state index in [-0.39, 0.29) is 17.6 Å². The molecule has 0 bridgehead atoms. The third kappa shape index (κ3) is 6.35. The molecule has 0 saturated heterocycles. The number of nitro benzene ring substituents is 1. The molecular weight excluding hydrogens is 444 g/mol. The molecule has 10 heteroatoms. The van der Waals surface area contributed by atoms with Gasteiger partial charge in [0, 0.05) is 23.5 Å². The second-order valence-corrected chi connectivity index (χ2v) is 7.94. The number of hydrazone groups is 1. The summed E-state index contributed by atoms with van der Waals surface area (Å²) in [4.78, 5) is 23.7. The molecule has 0 amide bonds. The van der Waals surface area contributed by atoms with Gasteiger partial charge < -0.3 is 10.6 Å². The van der Waals surface area contributed by atoms with Crippen molar-refractivity contribution in [1.29, 1.82) is 0 Å². The molecule has 0 aliphatic rings. The monoisotopic (exact) mass is 468 g/mol. The van der Waals surface area contributed by atoms with Crippen LogP contribution in [0.25, 0.3) is 0 Å². The minimum Gasteiger partial charge on any atom is -0.324 e. The molecule has 176 valence electrons. The van der Waals surface area contributed by atoms with Gasteiger partial charge in [-0.15, -0.1) is 0 Å². The Morgan fingerprint density at radius 2 is 1.37 bits per heavy atom. The van der Waals surface area contributed by atoms with E-state index in [1.54, 1.807) is 18.3 Å². The van der Waals surface area contributed by atoms with E-state index in [1.165, 1.54) is 17.7 Å². The van der Waals surface area contributed by atoms with Gasteiger partial charge in [-0.25, -0.2) is 5.43 Å². The summed E-state index contributed by atoms with van der Waals surface area (Å²) < 4.78 is 0. The highest BCUT2D eigenvalue weighted by Crippen LogP contribution is 2.22.